The molecule has 0 saturated carbocycles. The second-order valence-corrected chi connectivity index (χ2v) is 6.75. The Hall–Kier alpha value is -3.29. The van der Waals surface area contributed by atoms with E-state index < -0.39 is 0 Å². The number of halogens is 1. The number of carbonyl (C=O) groups is 1. The zero-order valence-electron chi connectivity index (χ0n) is 15.6. The van der Waals surface area contributed by atoms with E-state index in [0.717, 1.165) is 12.1 Å². The first-order valence-electron chi connectivity index (χ1n) is 8.98. The SMILES string of the molecule is Cc1cc(Oc2ccc(F)cc2)nc(C2CCN(C(=O)c3coc(C)n3)C2)n1. The minimum Gasteiger partial charge on any atom is -0.448 e. The zero-order valence-corrected chi connectivity index (χ0v) is 15.6. The van der Waals surface area contributed by atoms with Crippen molar-refractivity contribution in [3.8, 4) is 11.6 Å². The summed E-state index contributed by atoms with van der Waals surface area (Å²) in [6, 6.07) is 7.47. The fourth-order valence-corrected chi connectivity index (χ4v) is 3.20. The van der Waals surface area contributed by atoms with Crippen molar-refractivity contribution in [2.24, 2.45) is 0 Å². The van der Waals surface area contributed by atoms with Gasteiger partial charge in [-0.05, 0) is 37.6 Å². The molecule has 3 aromatic rings. The van der Waals surface area contributed by atoms with Gasteiger partial charge in [0.1, 0.15) is 23.7 Å². The summed E-state index contributed by atoms with van der Waals surface area (Å²) in [7, 11) is 0. The highest BCUT2D eigenvalue weighted by Crippen LogP contribution is 2.28. The molecule has 0 bridgehead atoms. The highest BCUT2D eigenvalue weighted by molar-refractivity contribution is 5.92. The molecule has 8 heteroatoms. The van der Waals surface area contributed by atoms with Gasteiger partial charge in [0.25, 0.3) is 5.91 Å². The molecule has 1 aliphatic heterocycles. The van der Waals surface area contributed by atoms with Gasteiger partial charge in [0.15, 0.2) is 11.6 Å². The summed E-state index contributed by atoms with van der Waals surface area (Å²) in [5.74, 6) is 1.50. The summed E-state index contributed by atoms with van der Waals surface area (Å²) >= 11 is 0. The lowest BCUT2D eigenvalue weighted by molar-refractivity contribution is 0.0784. The third-order valence-electron chi connectivity index (χ3n) is 4.56. The smallest absolute Gasteiger partial charge is 0.275 e. The third-order valence-corrected chi connectivity index (χ3v) is 4.56. The topological polar surface area (TPSA) is 81.4 Å². The van der Waals surface area contributed by atoms with Gasteiger partial charge >= 0.3 is 0 Å². The number of oxazole rings is 1. The van der Waals surface area contributed by atoms with Gasteiger partial charge in [-0.1, -0.05) is 0 Å². The molecule has 1 amide bonds. The Morgan fingerprint density at radius 3 is 2.71 bits per heavy atom. The number of benzene rings is 1. The molecule has 2 aromatic heterocycles. The van der Waals surface area contributed by atoms with E-state index in [1.165, 1.54) is 18.4 Å². The number of nitrogens with zero attached hydrogens (tertiary/aromatic N) is 4. The van der Waals surface area contributed by atoms with Gasteiger partial charge < -0.3 is 14.1 Å². The van der Waals surface area contributed by atoms with Gasteiger partial charge in [0.2, 0.25) is 5.88 Å². The van der Waals surface area contributed by atoms with E-state index in [-0.39, 0.29) is 17.6 Å². The van der Waals surface area contributed by atoms with Crippen LogP contribution in [0.15, 0.2) is 41.0 Å². The first-order valence-corrected chi connectivity index (χ1v) is 8.98. The average molecular weight is 382 g/mol. The fourth-order valence-electron chi connectivity index (χ4n) is 3.20. The maximum atomic E-state index is 13.1. The Labute approximate surface area is 161 Å². The van der Waals surface area contributed by atoms with Crippen molar-refractivity contribution < 1.29 is 18.3 Å². The van der Waals surface area contributed by atoms with Gasteiger partial charge in [-0.15, -0.1) is 0 Å². The van der Waals surface area contributed by atoms with Crippen molar-refractivity contribution in [3.05, 3.63) is 65.5 Å². The van der Waals surface area contributed by atoms with E-state index in [0.29, 0.717) is 42.1 Å². The van der Waals surface area contributed by atoms with Crippen LogP contribution in [0.2, 0.25) is 0 Å². The third kappa shape index (κ3) is 3.85. The quantitative estimate of drug-likeness (QED) is 0.685. The van der Waals surface area contributed by atoms with Gasteiger partial charge in [0, 0.05) is 37.7 Å². The van der Waals surface area contributed by atoms with Gasteiger partial charge in [0.05, 0.1) is 0 Å². The lowest BCUT2D eigenvalue weighted by Gasteiger charge is -2.15. The summed E-state index contributed by atoms with van der Waals surface area (Å²) in [4.78, 5) is 27.4. The summed E-state index contributed by atoms with van der Waals surface area (Å²) in [6.45, 7) is 4.66. The Kier molecular flexibility index (Phi) is 4.77. The maximum Gasteiger partial charge on any atom is 0.275 e. The zero-order chi connectivity index (χ0) is 19.7. The van der Waals surface area contributed by atoms with E-state index in [2.05, 4.69) is 15.0 Å². The number of amides is 1. The molecule has 28 heavy (non-hydrogen) atoms. The van der Waals surface area contributed by atoms with Gasteiger partial charge in [-0.3, -0.25) is 4.79 Å². The van der Waals surface area contributed by atoms with Crippen LogP contribution in [0.4, 0.5) is 4.39 Å². The molecule has 0 radical (unpaired) electrons. The Morgan fingerprint density at radius 2 is 2.00 bits per heavy atom. The molecule has 1 unspecified atom stereocenters. The first-order chi connectivity index (χ1) is 13.5. The molecule has 3 heterocycles. The number of rotatable bonds is 4. The highest BCUT2D eigenvalue weighted by Gasteiger charge is 2.31. The molecule has 1 atom stereocenters. The second-order valence-electron chi connectivity index (χ2n) is 6.75. The van der Waals surface area contributed by atoms with Gasteiger partial charge in [-0.25, -0.2) is 14.4 Å². The van der Waals surface area contributed by atoms with Crippen LogP contribution in [0.1, 0.15) is 40.2 Å². The summed E-state index contributed by atoms with van der Waals surface area (Å²) < 4.78 is 23.9. The highest BCUT2D eigenvalue weighted by atomic mass is 19.1. The molecule has 1 aromatic carbocycles. The van der Waals surface area contributed by atoms with E-state index in [1.807, 2.05) is 6.92 Å². The van der Waals surface area contributed by atoms with Crippen molar-refractivity contribution in [2.45, 2.75) is 26.2 Å². The molecule has 1 aliphatic rings. The van der Waals surface area contributed by atoms with E-state index in [1.54, 1.807) is 30.0 Å². The molecule has 0 aliphatic carbocycles. The Balaban J connectivity index is 1.49. The first kappa shape index (κ1) is 18.1. The molecule has 144 valence electrons. The number of hydrogen-bond donors (Lipinski definition) is 0. The molecule has 7 nitrogen and oxygen atoms in total. The van der Waals surface area contributed by atoms with Crippen LogP contribution in [0.25, 0.3) is 0 Å². The average Bonchev–Trinajstić information content (AvgIpc) is 3.32. The van der Waals surface area contributed by atoms with E-state index >= 15 is 0 Å². The number of carbonyl (C=O) groups excluding carboxylic acids is 1. The van der Waals surface area contributed by atoms with Crippen molar-refractivity contribution in [1.29, 1.82) is 0 Å². The van der Waals surface area contributed by atoms with Crippen LogP contribution in [-0.2, 0) is 0 Å². The summed E-state index contributed by atoms with van der Waals surface area (Å²) in [5, 5.41) is 0. The van der Waals surface area contributed by atoms with Crippen LogP contribution in [0, 0.1) is 19.7 Å². The molecular weight excluding hydrogens is 363 g/mol. The molecule has 1 fully saturated rings. The summed E-state index contributed by atoms with van der Waals surface area (Å²) in [6.07, 6.45) is 2.13. The number of aryl methyl sites for hydroxylation is 2. The van der Waals surface area contributed by atoms with Crippen LogP contribution in [-0.4, -0.2) is 38.8 Å². The molecule has 4 rings (SSSR count). The normalized spacial score (nSPS) is 16.4. The monoisotopic (exact) mass is 382 g/mol. The van der Waals surface area contributed by atoms with E-state index in [4.69, 9.17) is 9.15 Å². The molecule has 1 saturated heterocycles. The van der Waals surface area contributed by atoms with Crippen molar-refractivity contribution in [1.82, 2.24) is 19.9 Å². The van der Waals surface area contributed by atoms with Crippen molar-refractivity contribution in [3.63, 3.8) is 0 Å². The Bertz CT molecular complexity index is 1000. The van der Waals surface area contributed by atoms with Crippen LogP contribution in [0.3, 0.4) is 0 Å². The standard InChI is InChI=1S/C20H19FN4O3/c1-12-9-18(28-16-5-3-15(21)4-6-16)24-19(22-12)14-7-8-25(10-14)20(26)17-11-27-13(2)23-17/h3-6,9,11,14H,7-8,10H2,1-2H3. The minimum atomic E-state index is -0.329. The van der Waals surface area contributed by atoms with E-state index in [9.17, 15) is 9.18 Å². The molecule has 0 N–H and O–H groups in total. The number of aromatic nitrogens is 3. The lowest BCUT2D eigenvalue weighted by atomic mass is 10.1. The van der Waals surface area contributed by atoms with Crippen molar-refractivity contribution >= 4 is 5.91 Å². The van der Waals surface area contributed by atoms with Gasteiger partial charge in [-0.2, -0.15) is 4.98 Å². The van der Waals surface area contributed by atoms with Crippen LogP contribution < -0.4 is 4.74 Å². The largest absolute Gasteiger partial charge is 0.448 e. The van der Waals surface area contributed by atoms with Crippen LogP contribution >= 0.6 is 0 Å². The lowest BCUT2D eigenvalue weighted by Crippen LogP contribution is -2.29. The summed E-state index contributed by atoms with van der Waals surface area (Å²) in [5.41, 5.74) is 1.07. The predicted molar refractivity (Wildman–Crippen MR) is 97.7 cm³/mol. The maximum absolute atomic E-state index is 13.1. The molecule has 0 spiro atoms. The Morgan fingerprint density at radius 1 is 1.21 bits per heavy atom. The number of hydrogen-bond acceptors (Lipinski definition) is 6. The fraction of sp³-hybridized carbons (Fsp3) is 0.300. The second kappa shape index (κ2) is 7.38. The van der Waals surface area contributed by atoms with Crippen LogP contribution in [0.5, 0.6) is 11.6 Å². The number of likely N-dealkylation sites (tertiary alicyclic amines) is 1. The predicted octanol–water partition coefficient (Wildman–Crippen LogP) is 3.64. The minimum absolute atomic E-state index is 0.00687. The number of ether oxygens (including phenoxy) is 1. The van der Waals surface area contributed by atoms with Crippen molar-refractivity contribution in [2.75, 3.05) is 13.1 Å². The molecular formula is C20H19FN4O3.